The van der Waals surface area contributed by atoms with E-state index in [2.05, 4.69) is 0 Å². The predicted octanol–water partition coefficient (Wildman–Crippen LogP) is 2.29. The monoisotopic (exact) mass is 398 g/mol. The van der Waals surface area contributed by atoms with Crippen molar-refractivity contribution in [2.24, 2.45) is 5.73 Å². The molecule has 2 N–H and O–H groups in total. The van der Waals surface area contributed by atoms with Crippen molar-refractivity contribution in [1.29, 1.82) is 0 Å². The van der Waals surface area contributed by atoms with Crippen LogP contribution in [0.1, 0.15) is 19.3 Å². The molecule has 24 heavy (non-hydrogen) atoms. The number of hydrogen-bond acceptors (Lipinski definition) is 5. The zero-order valence-electron chi connectivity index (χ0n) is 13.6. The first kappa shape index (κ1) is 21.5. The van der Waals surface area contributed by atoms with Crippen LogP contribution in [0.2, 0.25) is 5.02 Å². The molecule has 1 aromatic rings. The van der Waals surface area contributed by atoms with E-state index in [1.165, 1.54) is 23.5 Å². The highest BCUT2D eigenvalue weighted by atomic mass is 35.5. The largest absolute Gasteiger partial charge is 0.495 e. The fraction of sp³-hybridized carbons (Fsp3) is 0.600. The van der Waals surface area contributed by atoms with E-state index in [4.69, 9.17) is 26.8 Å². The summed E-state index contributed by atoms with van der Waals surface area (Å²) in [7, 11) is -2.05. The molecule has 1 heterocycles. The molecule has 0 atom stereocenters. The number of ether oxygens (including phenoxy) is 2. The van der Waals surface area contributed by atoms with Crippen LogP contribution in [-0.2, 0) is 14.8 Å². The molecule has 1 aliphatic heterocycles. The van der Waals surface area contributed by atoms with Gasteiger partial charge in [0.15, 0.2) is 0 Å². The molecule has 1 aromatic carbocycles. The topological polar surface area (TPSA) is 81.9 Å². The van der Waals surface area contributed by atoms with Crippen molar-refractivity contribution in [2.75, 3.05) is 33.4 Å². The zero-order valence-corrected chi connectivity index (χ0v) is 16.0. The van der Waals surface area contributed by atoms with Crippen LogP contribution in [0, 0.1) is 0 Å². The fourth-order valence-corrected chi connectivity index (χ4v) is 4.35. The fourth-order valence-electron chi connectivity index (χ4n) is 2.53. The van der Waals surface area contributed by atoms with Crippen LogP contribution in [0.3, 0.4) is 0 Å². The van der Waals surface area contributed by atoms with Gasteiger partial charge in [-0.25, -0.2) is 8.42 Å². The molecule has 0 radical (unpaired) electrons. The molecule has 0 bridgehead atoms. The first-order valence-corrected chi connectivity index (χ1v) is 9.46. The molecule has 2 rings (SSSR count). The maximum Gasteiger partial charge on any atom is 0.243 e. The molecule has 0 aromatic heterocycles. The molecule has 0 aliphatic carbocycles. The third-order valence-electron chi connectivity index (χ3n) is 3.86. The van der Waals surface area contributed by atoms with Gasteiger partial charge in [0.25, 0.3) is 0 Å². The second-order valence-corrected chi connectivity index (χ2v) is 7.76. The Kier molecular flexibility index (Phi) is 8.76. The van der Waals surface area contributed by atoms with Crippen molar-refractivity contribution in [3.8, 4) is 5.75 Å². The number of nitrogens with zero attached hydrogens (tertiary/aromatic N) is 1. The highest BCUT2D eigenvalue weighted by molar-refractivity contribution is 7.89. The van der Waals surface area contributed by atoms with Crippen molar-refractivity contribution in [3.63, 3.8) is 0 Å². The standard InChI is InChI=1S/C15H23ClN2O4S.ClH/c1-21-15-4-3-13(11-14(15)16)23(19,20)18-8-5-12(6-9-18)22-10-2-7-17;/h3-4,11-12H,2,5-10,17H2,1H3;1H. The van der Waals surface area contributed by atoms with Crippen molar-refractivity contribution in [3.05, 3.63) is 23.2 Å². The minimum atomic E-state index is -3.54. The highest BCUT2D eigenvalue weighted by Crippen LogP contribution is 2.29. The number of methoxy groups -OCH3 is 1. The van der Waals surface area contributed by atoms with Gasteiger partial charge in [-0.05, 0) is 44.0 Å². The Balaban J connectivity index is 0.00000288. The minimum absolute atomic E-state index is 0. The van der Waals surface area contributed by atoms with Gasteiger partial charge >= 0.3 is 0 Å². The Bertz CT molecular complexity index is 620. The van der Waals surface area contributed by atoms with E-state index in [0.717, 1.165) is 6.42 Å². The van der Waals surface area contributed by atoms with Gasteiger partial charge in [-0.3, -0.25) is 0 Å². The molecule has 138 valence electrons. The number of sulfonamides is 1. The lowest BCUT2D eigenvalue weighted by Gasteiger charge is -2.31. The summed E-state index contributed by atoms with van der Waals surface area (Å²) < 4.78 is 37.6. The van der Waals surface area contributed by atoms with E-state index in [0.29, 0.717) is 44.8 Å². The number of rotatable bonds is 7. The number of benzene rings is 1. The Morgan fingerprint density at radius 3 is 2.54 bits per heavy atom. The molecule has 1 fully saturated rings. The van der Waals surface area contributed by atoms with Gasteiger partial charge in [-0.2, -0.15) is 4.31 Å². The maximum absolute atomic E-state index is 12.7. The van der Waals surface area contributed by atoms with E-state index in [1.54, 1.807) is 6.07 Å². The summed E-state index contributed by atoms with van der Waals surface area (Å²) in [4.78, 5) is 0.186. The lowest BCUT2D eigenvalue weighted by atomic mass is 10.1. The van der Waals surface area contributed by atoms with Crippen LogP contribution in [0.15, 0.2) is 23.1 Å². The lowest BCUT2D eigenvalue weighted by molar-refractivity contribution is 0.0209. The summed E-state index contributed by atoms with van der Waals surface area (Å²) in [5.74, 6) is 0.456. The molecule has 1 saturated heterocycles. The number of nitrogens with two attached hydrogens (primary N) is 1. The van der Waals surface area contributed by atoms with E-state index < -0.39 is 10.0 Å². The number of halogens is 2. The van der Waals surface area contributed by atoms with Crippen LogP contribution in [-0.4, -0.2) is 52.2 Å². The summed E-state index contributed by atoms with van der Waals surface area (Å²) in [6.07, 6.45) is 2.30. The van der Waals surface area contributed by atoms with Gasteiger partial charge in [-0.15, -0.1) is 12.4 Å². The summed E-state index contributed by atoms with van der Waals surface area (Å²) in [6.45, 7) is 2.12. The third kappa shape index (κ3) is 5.21. The molecule has 1 aliphatic rings. The van der Waals surface area contributed by atoms with Gasteiger partial charge in [-0.1, -0.05) is 11.6 Å². The van der Waals surface area contributed by atoms with Crippen molar-refractivity contribution in [1.82, 2.24) is 4.31 Å². The summed E-state index contributed by atoms with van der Waals surface area (Å²) in [5, 5.41) is 0.286. The SMILES string of the molecule is COc1ccc(S(=O)(=O)N2CCC(OCCCN)CC2)cc1Cl.Cl. The summed E-state index contributed by atoms with van der Waals surface area (Å²) >= 11 is 6.03. The van der Waals surface area contributed by atoms with Gasteiger partial charge in [0.1, 0.15) is 5.75 Å². The third-order valence-corrected chi connectivity index (χ3v) is 6.05. The minimum Gasteiger partial charge on any atom is -0.495 e. The average Bonchev–Trinajstić information content (AvgIpc) is 2.55. The quantitative estimate of drug-likeness (QED) is 0.712. The normalized spacial score (nSPS) is 16.6. The number of hydrogen-bond donors (Lipinski definition) is 1. The van der Waals surface area contributed by atoms with Crippen LogP contribution in [0.25, 0.3) is 0 Å². The molecule has 0 spiro atoms. The van der Waals surface area contributed by atoms with Crippen LogP contribution in [0.5, 0.6) is 5.75 Å². The molecule has 0 amide bonds. The van der Waals surface area contributed by atoms with E-state index in [9.17, 15) is 8.42 Å². The van der Waals surface area contributed by atoms with Gasteiger partial charge < -0.3 is 15.2 Å². The second kappa shape index (κ2) is 9.79. The maximum atomic E-state index is 12.7. The van der Waals surface area contributed by atoms with Gasteiger partial charge in [0, 0.05) is 19.7 Å². The molecule has 0 saturated carbocycles. The van der Waals surface area contributed by atoms with Crippen molar-refractivity contribution >= 4 is 34.0 Å². The van der Waals surface area contributed by atoms with Crippen LogP contribution >= 0.6 is 24.0 Å². The second-order valence-electron chi connectivity index (χ2n) is 5.41. The first-order valence-electron chi connectivity index (χ1n) is 7.64. The smallest absolute Gasteiger partial charge is 0.243 e. The Labute approximate surface area is 154 Å². The van der Waals surface area contributed by atoms with Crippen LogP contribution < -0.4 is 10.5 Å². The molecular formula is C15H24Cl2N2O4S. The van der Waals surface area contributed by atoms with E-state index in [1.807, 2.05) is 0 Å². The van der Waals surface area contributed by atoms with Crippen LogP contribution in [0.4, 0.5) is 0 Å². The lowest BCUT2D eigenvalue weighted by Crippen LogP contribution is -2.41. The molecule has 0 unspecified atom stereocenters. The summed E-state index contributed by atoms with van der Waals surface area (Å²) in [5.41, 5.74) is 5.43. The average molecular weight is 399 g/mol. The van der Waals surface area contributed by atoms with Crippen molar-refractivity contribution < 1.29 is 17.9 Å². The Morgan fingerprint density at radius 2 is 2.00 bits per heavy atom. The molecule has 6 nitrogen and oxygen atoms in total. The van der Waals surface area contributed by atoms with Crippen molar-refractivity contribution in [2.45, 2.75) is 30.3 Å². The van der Waals surface area contributed by atoms with E-state index >= 15 is 0 Å². The molecule has 9 heteroatoms. The first-order chi connectivity index (χ1) is 11.0. The predicted molar refractivity (Wildman–Crippen MR) is 96.7 cm³/mol. The Morgan fingerprint density at radius 1 is 1.33 bits per heavy atom. The van der Waals surface area contributed by atoms with E-state index in [-0.39, 0.29) is 28.4 Å². The zero-order chi connectivity index (χ0) is 16.9. The number of piperidine rings is 1. The summed E-state index contributed by atoms with van der Waals surface area (Å²) in [6, 6.07) is 4.52. The molecular weight excluding hydrogens is 375 g/mol. The highest BCUT2D eigenvalue weighted by Gasteiger charge is 2.30. The Hall–Kier alpha value is -0.570. The van der Waals surface area contributed by atoms with Gasteiger partial charge in [0.05, 0.1) is 23.1 Å². The van der Waals surface area contributed by atoms with Gasteiger partial charge in [0.2, 0.25) is 10.0 Å².